The van der Waals surface area contributed by atoms with Gasteiger partial charge in [0.1, 0.15) is 0 Å². The quantitative estimate of drug-likeness (QED) is 0.743. The Morgan fingerprint density at radius 1 is 1.29 bits per heavy atom. The molecule has 1 amide bonds. The number of halogens is 1. The van der Waals surface area contributed by atoms with Gasteiger partial charge in [0, 0.05) is 25.7 Å². The summed E-state index contributed by atoms with van der Waals surface area (Å²) in [4.78, 5) is 16.0. The van der Waals surface area contributed by atoms with Gasteiger partial charge in [-0.1, -0.05) is 0 Å². The van der Waals surface area contributed by atoms with Crippen LogP contribution in [0, 0.1) is 0 Å². The number of ether oxygens (including phenoxy) is 1. The molecule has 2 aliphatic rings. The van der Waals surface area contributed by atoms with E-state index in [1.807, 2.05) is 4.90 Å². The van der Waals surface area contributed by atoms with Crippen LogP contribution in [-0.2, 0) is 9.53 Å². The summed E-state index contributed by atoms with van der Waals surface area (Å²) in [5.41, 5.74) is 5.89. The Hall–Kier alpha value is -0.360. The number of carbonyl (C=O) groups excluding carboxylic acids is 1. The maximum Gasteiger partial charge on any atom is 0.236 e. The molecule has 2 rings (SSSR count). The first kappa shape index (κ1) is 14.7. The maximum atomic E-state index is 12.0. The van der Waals surface area contributed by atoms with Gasteiger partial charge in [-0.3, -0.25) is 9.69 Å². The zero-order valence-electron chi connectivity index (χ0n) is 10.1. The summed E-state index contributed by atoms with van der Waals surface area (Å²) in [5, 5.41) is 0. The Balaban J connectivity index is 0.00000144. The highest BCUT2D eigenvalue weighted by atomic mass is 35.5. The number of morpholine rings is 1. The molecule has 0 radical (unpaired) electrons. The number of hydrogen-bond donors (Lipinski definition) is 1. The van der Waals surface area contributed by atoms with Crippen LogP contribution < -0.4 is 5.73 Å². The average molecular weight is 264 g/mol. The second-order valence-corrected chi connectivity index (χ2v) is 4.63. The lowest BCUT2D eigenvalue weighted by Gasteiger charge is -2.33. The molecule has 2 N–H and O–H groups in total. The Morgan fingerprint density at radius 3 is 2.65 bits per heavy atom. The van der Waals surface area contributed by atoms with E-state index in [0.717, 1.165) is 39.0 Å². The van der Waals surface area contributed by atoms with E-state index >= 15 is 0 Å². The van der Waals surface area contributed by atoms with Gasteiger partial charge in [-0.2, -0.15) is 0 Å². The van der Waals surface area contributed by atoms with Crippen LogP contribution in [0.1, 0.15) is 12.8 Å². The van der Waals surface area contributed by atoms with Crippen LogP contribution in [0.5, 0.6) is 0 Å². The molecule has 0 spiro atoms. The highest BCUT2D eigenvalue weighted by Gasteiger charge is 2.22. The van der Waals surface area contributed by atoms with E-state index in [1.165, 1.54) is 0 Å². The number of nitrogens with zero attached hydrogens (tertiary/aromatic N) is 2. The van der Waals surface area contributed by atoms with Crippen molar-refractivity contribution in [2.75, 3.05) is 45.9 Å². The molecule has 100 valence electrons. The van der Waals surface area contributed by atoms with Gasteiger partial charge < -0.3 is 15.4 Å². The van der Waals surface area contributed by atoms with Crippen LogP contribution >= 0.6 is 12.4 Å². The van der Waals surface area contributed by atoms with Gasteiger partial charge in [-0.15, -0.1) is 12.4 Å². The molecule has 0 aromatic rings. The molecule has 0 saturated carbocycles. The molecule has 0 bridgehead atoms. The highest BCUT2D eigenvalue weighted by Crippen LogP contribution is 2.08. The van der Waals surface area contributed by atoms with Crippen molar-refractivity contribution in [3.8, 4) is 0 Å². The SMILES string of the molecule is Cl.N[C@@H]1CCCN(CC(=O)N2CCOCC2)C1. The zero-order chi connectivity index (χ0) is 11.4. The van der Waals surface area contributed by atoms with Gasteiger partial charge in [-0.25, -0.2) is 0 Å². The maximum absolute atomic E-state index is 12.0. The van der Waals surface area contributed by atoms with E-state index in [-0.39, 0.29) is 24.4 Å². The van der Waals surface area contributed by atoms with E-state index in [9.17, 15) is 4.79 Å². The van der Waals surface area contributed by atoms with Crippen molar-refractivity contribution in [3.05, 3.63) is 0 Å². The third-order valence-corrected chi connectivity index (χ3v) is 3.26. The van der Waals surface area contributed by atoms with Crippen LogP contribution in [0.25, 0.3) is 0 Å². The van der Waals surface area contributed by atoms with E-state index < -0.39 is 0 Å². The lowest BCUT2D eigenvalue weighted by Crippen LogP contribution is -2.49. The Morgan fingerprint density at radius 2 is 2.00 bits per heavy atom. The third kappa shape index (κ3) is 4.43. The van der Waals surface area contributed by atoms with Crippen molar-refractivity contribution in [1.82, 2.24) is 9.80 Å². The smallest absolute Gasteiger partial charge is 0.236 e. The number of carbonyl (C=O) groups is 1. The van der Waals surface area contributed by atoms with Gasteiger partial charge >= 0.3 is 0 Å². The first-order valence-electron chi connectivity index (χ1n) is 6.09. The minimum atomic E-state index is 0. The Kier molecular flexibility index (Phi) is 6.19. The van der Waals surface area contributed by atoms with Crippen molar-refractivity contribution in [2.45, 2.75) is 18.9 Å². The summed E-state index contributed by atoms with van der Waals surface area (Å²) in [5.74, 6) is 0.220. The number of nitrogens with two attached hydrogens (primary N) is 1. The molecule has 6 heteroatoms. The summed E-state index contributed by atoms with van der Waals surface area (Å²) in [6.45, 7) is 5.20. The molecule has 2 saturated heterocycles. The van der Waals surface area contributed by atoms with Crippen molar-refractivity contribution in [2.24, 2.45) is 5.73 Å². The van der Waals surface area contributed by atoms with Crippen LogP contribution in [0.4, 0.5) is 0 Å². The highest BCUT2D eigenvalue weighted by molar-refractivity contribution is 5.85. The topological polar surface area (TPSA) is 58.8 Å². The second-order valence-electron chi connectivity index (χ2n) is 4.63. The van der Waals surface area contributed by atoms with E-state index in [4.69, 9.17) is 10.5 Å². The standard InChI is InChI=1S/C11H21N3O2.ClH/c12-10-2-1-3-13(8-10)9-11(15)14-4-6-16-7-5-14;/h10H,1-9,12H2;1H/t10-;/m1./s1. The fourth-order valence-corrected chi connectivity index (χ4v) is 2.34. The predicted octanol–water partition coefficient (Wildman–Crippen LogP) is -0.310. The number of rotatable bonds is 2. The number of amides is 1. The molecule has 1 atom stereocenters. The number of hydrogen-bond acceptors (Lipinski definition) is 4. The fourth-order valence-electron chi connectivity index (χ4n) is 2.34. The van der Waals surface area contributed by atoms with Crippen LogP contribution in [0.2, 0.25) is 0 Å². The van der Waals surface area contributed by atoms with Crippen LogP contribution in [-0.4, -0.2) is 67.7 Å². The van der Waals surface area contributed by atoms with E-state index in [0.29, 0.717) is 19.8 Å². The van der Waals surface area contributed by atoms with Gasteiger partial charge in [0.15, 0.2) is 0 Å². The Labute approximate surface area is 109 Å². The molecule has 0 aromatic heterocycles. The van der Waals surface area contributed by atoms with Crippen molar-refractivity contribution < 1.29 is 9.53 Å². The average Bonchev–Trinajstić information content (AvgIpc) is 2.30. The summed E-state index contributed by atoms with van der Waals surface area (Å²) >= 11 is 0. The minimum absolute atomic E-state index is 0. The van der Waals surface area contributed by atoms with E-state index in [2.05, 4.69) is 4.90 Å². The predicted molar refractivity (Wildman–Crippen MR) is 68.3 cm³/mol. The Bertz CT molecular complexity index is 247. The molecule has 0 aromatic carbocycles. The number of likely N-dealkylation sites (tertiary alicyclic amines) is 1. The monoisotopic (exact) mass is 263 g/mol. The lowest BCUT2D eigenvalue weighted by atomic mass is 10.1. The summed E-state index contributed by atoms with van der Waals surface area (Å²) < 4.78 is 5.23. The van der Waals surface area contributed by atoms with Crippen molar-refractivity contribution >= 4 is 18.3 Å². The number of piperidine rings is 1. The molecule has 2 heterocycles. The molecule has 2 aliphatic heterocycles. The minimum Gasteiger partial charge on any atom is -0.378 e. The third-order valence-electron chi connectivity index (χ3n) is 3.26. The largest absolute Gasteiger partial charge is 0.378 e. The first-order chi connectivity index (χ1) is 7.75. The normalized spacial score (nSPS) is 26.4. The second kappa shape index (κ2) is 7.16. The zero-order valence-corrected chi connectivity index (χ0v) is 11.0. The van der Waals surface area contributed by atoms with Gasteiger partial charge in [0.25, 0.3) is 0 Å². The van der Waals surface area contributed by atoms with E-state index in [1.54, 1.807) is 0 Å². The molecule has 5 nitrogen and oxygen atoms in total. The van der Waals surface area contributed by atoms with Gasteiger partial charge in [0.05, 0.1) is 19.8 Å². The summed E-state index contributed by atoms with van der Waals surface area (Å²) in [6.07, 6.45) is 2.19. The molecule has 0 unspecified atom stereocenters. The molecular weight excluding hydrogens is 242 g/mol. The molecular formula is C11H22ClN3O2. The molecule has 17 heavy (non-hydrogen) atoms. The van der Waals surface area contributed by atoms with Crippen molar-refractivity contribution in [1.29, 1.82) is 0 Å². The van der Waals surface area contributed by atoms with Crippen LogP contribution in [0.15, 0.2) is 0 Å². The lowest BCUT2D eigenvalue weighted by molar-refractivity contribution is -0.136. The van der Waals surface area contributed by atoms with Gasteiger partial charge in [-0.05, 0) is 19.4 Å². The van der Waals surface area contributed by atoms with Gasteiger partial charge in [0.2, 0.25) is 5.91 Å². The summed E-state index contributed by atoms with van der Waals surface area (Å²) in [6, 6.07) is 0.242. The molecule has 0 aliphatic carbocycles. The summed E-state index contributed by atoms with van der Waals surface area (Å²) in [7, 11) is 0. The van der Waals surface area contributed by atoms with Crippen molar-refractivity contribution in [3.63, 3.8) is 0 Å². The molecule has 2 fully saturated rings. The first-order valence-corrected chi connectivity index (χ1v) is 6.09. The van der Waals surface area contributed by atoms with Crippen LogP contribution in [0.3, 0.4) is 0 Å². The fraction of sp³-hybridized carbons (Fsp3) is 0.909.